The quantitative estimate of drug-likeness (QED) is 0.586. The van der Waals surface area contributed by atoms with Crippen molar-refractivity contribution in [1.82, 2.24) is 10.3 Å². The van der Waals surface area contributed by atoms with Gasteiger partial charge in [-0.25, -0.2) is 4.98 Å². The Morgan fingerprint density at radius 2 is 1.96 bits per heavy atom. The van der Waals surface area contributed by atoms with Gasteiger partial charge in [-0.05, 0) is 37.6 Å². The molecule has 6 heteroatoms. The lowest BCUT2D eigenvalue weighted by molar-refractivity contribution is -0.121. The van der Waals surface area contributed by atoms with Crippen molar-refractivity contribution in [3.63, 3.8) is 0 Å². The number of hydrogen-bond donors (Lipinski definition) is 1. The molecule has 2 aromatic carbocycles. The van der Waals surface area contributed by atoms with Crippen LogP contribution in [0.15, 0.2) is 53.9 Å². The summed E-state index contributed by atoms with van der Waals surface area (Å²) in [7, 11) is 0. The summed E-state index contributed by atoms with van der Waals surface area (Å²) in [5.41, 5.74) is 2.66. The minimum atomic E-state index is -0.0881. The van der Waals surface area contributed by atoms with Gasteiger partial charge in [0.2, 0.25) is 5.91 Å². The van der Waals surface area contributed by atoms with Gasteiger partial charge in [-0.15, -0.1) is 11.3 Å². The molecule has 0 aliphatic rings. The monoisotopic (exact) mass is 400 g/mol. The fourth-order valence-corrected chi connectivity index (χ4v) is 3.85. The zero-order valence-electron chi connectivity index (χ0n) is 15.2. The number of nitrogens with zero attached hydrogens (tertiary/aromatic N) is 1. The van der Waals surface area contributed by atoms with Gasteiger partial charge < -0.3 is 10.1 Å². The Hall–Kier alpha value is -2.37. The lowest BCUT2D eigenvalue weighted by Crippen LogP contribution is -2.28. The number of carbonyl (C=O) groups is 1. The van der Waals surface area contributed by atoms with Gasteiger partial charge in [0.25, 0.3) is 0 Å². The van der Waals surface area contributed by atoms with Gasteiger partial charge in [0, 0.05) is 10.9 Å². The molecule has 140 valence electrons. The number of carbonyl (C=O) groups excluding carboxylic acids is 1. The maximum absolute atomic E-state index is 12.4. The smallest absolute Gasteiger partial charge is 0.226 e. The van der Waals surface area contributed by atoms with E-state index in [9.17, 15) is 4.79 Å². The summed E-state index contributed by atoms with van der Waals surface area (Å²) in [6, 6.07) is 15.2. The largest absolute Gasteiger partial charge is 0.494 e. The highest BCUT2D eigenvalue weighted by Gasteiger charge is 2.13. The zero-order valence-corrected chi connectivity index (χ0v) is 16.8. The van der Waals surface area contributed by atoms with Crippen LogP contribution < -0.4 is 10.1 Å². The van der Waals surface area contributed by atoms with Crippen LogP contribution in [0.5, 0.6) is 5.75 Å². The molecule has 0 aliphatic heterocycles. The van der Waals surface area contributed by atoms with E-state index in [2.05, 4.69) is 10.3 Å². The molecular formula is C21H21ClN2O2S. The van der Waals surface area contributed by atoms with Crippen LogP contribution in [0.3, 0.4) is 0 Å². The van der Waals surface area contributed by atoms with Gasteiger partial charge in [0.05, 0.1) is 29.8 Å². The Labute approximate surface area is 168 Å². The number of ether oxygens (including phenoxy) is 1. The number of nitrogens with one attached hydrogen (secondary N) is 1. The summed E-state index contributed by atoms with van der Waals surface area (Å²) >= 11 is 7.71. The first-order valence-corrected chi connectivity index (χ1v) is 10.0. The van der Waals surface area contributed by atoms with Crippen molar-refractivity contribution in [1.29, 1.82) is 0 Å². The van der Waals surface area contributed by atoms with Crippen LogP contribution >= 0.6 is 22.9 Å². The van der Waals surface area contributed by atoms with E-state index in [-0.39, 0.29) is 18.4 Å². The van der Waals surface area contributed by atoms with Crippen molar-refractivity contribution in [3.8, 4) is 16.3 Å². The molecule has 0 saturated carbocycles. The second-order valence-corrected chi connectivity index (χ2v) is 7.36. The van der Waals surface area contributed by atoms with Crippen LogP contribution in [0.25, 0.3) is 10.6 Å². The Balaban J connectivity index is 1.60. The van der Waals surface area contributed by atoms with Crippen molar-refractivity contribution in [3.05, 3.63) is 70.2 Å². The lowest BCUT2D eigenvalue weighted by Gasteiger charge is -2.14. The summed E-state index contributed by atoms with van der Waals surface area (Å²) in [5.74, 6) is 0.766. The molecule has 1 unspecified atom stereocenters. The van der Waals surface area contributed by atoms with E-state index in [1.165, 1.54) is 11.3 Å². The average molecular weight is 401 g/mol. The van der Waals surface area contributed by atoms with E-state index in [1.54, 1.807) is 0 Å². The molecule has 0 saturated heterocycles. The topological polar surface area (TPSA) is 51.2 Å². The molecule has 0 bridgehead atoms. The first-order valence-electron chi connectivity index (χ1n) is 8.78. The van der Waals surface area contributed by atoms with Gasteiger partial charge in [0.15, 0.2) is 0 Å². The lowest BCUT2D eigenvalue weighted by atomic mass is 10.1. The average Bonchev–Trinajstić information content (AvgIpc) is 3.11. The standard InChI is InChI=1S/C21H21ClN2O2S/c1-3-26-17-10-8-15(9-11-17)14(2)23-20(25)12-16-13-27-21(24-16)18-6-4-5-7-19(18)22/h4-11,13-14H,3,12H2,1-2H3,(H,23,25). The van der Waals surface area contributed by atoms with Crippen molar-refractivity contribution < 1.29 is 9.53 Å². The molecule has 1 aromatic heterocycles. The second-order valence-electron chi connectivity index (χ2n) is 6.09. The van der Waals surface area contributed by atoms with Crippen molar-refractivity contribution in [2.45, 2.75) is 26.3 Å². The third-order valence-corrected chi connectivity index (χ3v) is 5.32. The predicted octanol–water partition coefficient (Wildman–Crippen LogP) is 5.28. The number of aromatic nitrogens is 1. The highest BCUT2D eigenvalue weighted by molar-refractivity contribution is 7.13. The van der Waals surface area contributed by atoms with Crippen LogP contribution in [0, 0.1) is 0 Å². The SMILES string of the molecule is CCOc1ccc(C(C)NC(=O)Cc2csc(-c3ccccc3Cl)n2)cc1. The van der Waals surface area contributed by atoms with Gasteiger partial charge in [0.1, 0.15) is 10.8 Å². The molecule has 27 heavy (non-hydrogen) atoms. The van der Waals surface area contributed by atoms with E-state index in [1.807, 2.05) is 67.8 Å². The number of hydrogen-bond acceptors (Lipinski definition) is 4. The zero-order chi connectivity index (χ0) is 19.2. The molecule has 1 N–H and O–H groups in total. The summed E-state index contributed by atoms with van der Waals surface area (Å²) in [6.07, 6.45) is 0.238. The van der Waals surface area contributed by atoms with E-state index < -0.39 is 0 Å². The van der Waals surface area contributed by atoms with Crippen molar-refractivity contribution >= 4 is 28.8 Å². The number of benzene rings is 2. The Bertz CT molecular complexity index is 909. The third kappa shape index (κ3) is 5.08. The first kappa shape index (κ1) is 19.4. The molecule has 0 radical (unpaired) electrons. The molecular weight excluding hydrogens is 380 g/mol. The number of rotatable bonds is 7. The van der Waals surface area contributed by atoms with Crippen LogP contribution in [0.1, 0.15) is 31.1 Å². The van der Waals surface area contributed by atoms with Crippen molar-refractivity contribution in [2.24, 2.45) is 0 Å². The highest BCUT2D eigenvalue weighted by Crippen LogP contribution is 2.30. The summed E-state index contributed by atoms with van der Waals surface area (Å²) in [5, 5.41) is 6.40. The number of halogens is 1. The minimum absolute atomic E-state index is 0.0626. The fraction of sp³-hybridized carbons (Fsp3) is 0.238. The van der Waals surface area contributed by atoms with Gasteiger partial charge >= 0.3 is 0 Å². The predicted molar refractivity (Wildman–Crippen MR) is 110 cm³/mol. The van der Waals surface area contributed by atoms with E-state index in [4.69, 9.17) is 16.3 Å². The Morgan fingerprint density at radius 3 is 2.67 bits per heavy atom. The van der Waals surface area contributed by atoms with Gasteiger partial charge in [-0.3, -0.25) is 4.79 Å². The summed E-state index contributed by atoms with van der Waals surface area (Å²) in [4.78, 5) is 16.9. The second kappa shape index (κ2) is 9.02. The maximum atomic E-state index is 12.4. The van der Waals surface area contributed by atoms with Crippen LogP contribution in [0.4, 0.5) is 0 Å². The minimum Gasteiger partial charge on any atom is -0.494 e. The Kier molecular flexibility index (Phi) is 6.48. The number of thiazole rings is 1. The molecule has 3 aromatic rings. The molecule has 3 rings (SSSR count). The molecule has 1 atom stereocenters. The fourth-order valence-electron chi connectivity index (χ4n) is 2.71. The highest BCUT2D eigenvalue weighted by atomic mass is 35.5. The molecule has 0 aliphatic carbocycles. The van der Waals surface area contributed by atoms with Crippen LogP contribution in [-0.2, 0) is 11.2 Å². The van der Waals surface area contributed by atoms with Crippen molar-refractivity contribution in [2.75, 3.05) is 6.61 Å². The molecule has 0 spiro atoms. The Morgan fingerprint density at radius 1 is 1.22 bits per heavy atom. The first-order chi connectivity index (χ1) is 13.1. The van der Waals surface area contributed by atoms with Crippen LogP contribution in [-0.4, -0.2) is 17.5 Å². The molecule has 4 nitrogen and oxygen atoms in total. The van der Waals surface area contributed by atoms with Crippen LogP contribution in [0.2, 0.25) is 5.02 Å². The third-order valence-electron chi connectivity index (χ3n) is 4.07. The summed E-state index contributed by atoms with van der Waals surface area (Å²) in [6.45, 7) is 4.55. The summed E-state index contributed by atoms with van der Waals surface area (Å²) < 4.78 is 5.44. The van der Waals surface area contributed by atoms with E-state index >= 15 is 0 Å². The number of amides is 1. The molecule has 0 fully saturated rings. The molecule has 1 heterocycles. The van der Waals surface area contributed by atoms with Gasteiger partial charge in [-0.1, -0.05) is 41.9 Å². The normalized spacial score (nSPS) is 11.8. The van der Waals surface area contributed by atoms with E-state index in [0.717, 1.165) is 27.6 Å². The maximum Gasteiger partial charge on any atom is 0.226 e. The molecule has 1 amide bonds. The van der Waals surface area contributed by atoms with E-state index in [0.29, 0.717) is 11.6 Å². The van der Waals surface area contributed by atoms with Gasteiger partial charge in [-0.2, -0.15) is 0 Å².